The molecular formula is C6H11N3O3. The van der Waals surface area contributed by atoms with Gasteiger partial charge in [0.1, 0.15) is 0 Å². The van der Waals surface area contributed by atoms with Crippen LogP contribution < -0.4 is 5.73 Å². The Morgan fingerprint density at radius 2 is 2.50 bits per heavy atom. The first-order valence-corrected chi connectivity index (χ1v) is 3.32. The monoisotopic (exact) mass is 173 g/mol. The molecule has 0 aromatic rings. The Morgan fingerprint density at radius 1 is 1.92 bits per heavy atom. The van der Waals surface area contributed by atoms with Gasteiger partial charge in [-0.2, -0.15) is 0 Å². The second-order valence-electron chi connectivity index (χ2n) is 2.21. The van der Waals surface area contributed by atoms with Gasteiger partial charge in [0.15, 0.2) is 0 Å². The highest BCUT2D eigenvalue weighted by Crippen LogP contribution is 1.83. The molecule has 0 fully saturated rings. The van der Waals surface area contributed by atoms with Gasteiger partial charge < -0.3 is 15.2 Å². The van der Waals surface area contributed by atoms with Crippen LogP contribution in [-0.2, 0) is 0 Å². The van der Waals surface area contributed by atoms with E-state index < -0.39 is 16.8 Å². The fourth-order valence-electron chi connectivity index (χ4n) is 0.403. The predicted molar refractivity (Wildman–Crippen MR) is 44.3 cm³/mol. The van der Waals surface area contributed by atoms with Gasteiger partial charge in [-0.15, -0.1) is 0 Å². The summed E-state index contributed by atoms with van der Waals surface area (Å²) >= 11 is 0. The van der Waals surface area contributed by atoms with E-state index in [0.717, 1.165) is 6.08 Å². The largest absolute Gasteiger partial charge is 0.391 e. The molecule has 0 aromatic carbocycles. The zero-order chi connectivity index (χ0) is 9.56. The Kier molecular flexibility index (Phi) is 4.62. The number of nitrogens with zero attached hydrogens (tertiary/aromatic N) is 2. The Balaban J connectivity index is 3.87. The van der Waals surface area contributed by atoms with E-state index >= 15 is 0 Å². The molecule has 3 N–H and O–H groups in total. The molecule has 6 heteroatoms. The van der Waals surface area contributed by atoms with Crippen molar-refractivity contribution in [2.45, 2.75) is 13.0 Å². The summed E-state index contributed by atoms with van der Waals surface area (Å²) in [5.41, 5.74) is 4.94. The predicted octanol–water partition coefficient (Wildman–Crippen LogP) is -0.485. The summed E-state index contributed by atoms with van der Waals surface area (Å²) in [7, 11) is 0. The summed E-state index contributed by atoms with van der Waals surface area (Å²) in [6.45, 7) is 1.78. The SMILES string of the molecule is C[C@@H](O)CN=C/C=C(\N)[N+](=O)[O-]. The van der Waals surface area contributed by atoms with Gasteiger partial charge >= 0.3 is 5.82 Å². The first kappa shape index (κ1) is 10.6. The molecule has 0 unspecified atom stereocenters. The summed E-state index contributed by atoms with van der Waals surface area (Å²) in [5.74, 6) is -0.468. The van der Waals surface area contributed by atoms with Gasteiger partial charge in [0.25, 0.3) is 0 Å². The van der Waals surface area contributed by atoms with Gasteiger partial charge in [0.2, 0.25) is 0 Å². The third-order valence-corrected chi connectivity index (χ3v) is 0.931. The van der Waals surface area contributed by atoms with Crippen LogP contribution in [0.4, 0.5) is 0 Å². The molecule has 0 radical (unpaired) electrons. The van der Waals surface area contributed by atoms with Crippen LogP contribution in [-0.4, -0.2) is 28.9 Å². The molecule has 0 saturated carbocycles. The minimum atomic E-state index is -0.714. The third kappa shape index (κ3) is 5.36. The molecule has 1 atom stereocenters. The average molecular weight is 173 g/mol. The number of aliphatic imine (C=N–C) groups is 1. The third-order valence-electron chi connectivity index (χ3n) is 0.931. The molecule has 12 heavy (non-hydrogen) atoms. The van der Waals surface area contributed by atoms with Gasteiger partial charge in [0, 0.05) is 12.3 Å². The van der Waals surface area contributed by atoms with Crippen LogP contribution in [0.1, 0.15) is 6.92 Å². The Bertz CT molecular complexity index is 210. The van der Waals surface area contributed by atoms with E-state index in [-0.39, 0.29) is 6.54 Å². The highest BCUT2D eigenvalue weighted by atomic mass is 16.6. The summed E-state index contributed by atoms with van der Waals surface area (Å²) in [4.78, 5) is 12.9. The first-order valence-electron chi connectivity index (χ1n) is 3.32. The lowest BCUT2D eigenvalue weighted by atomic mass is 10.4. The van der Waals surface area contributed by atoms with E-state index in [1.165, 1.54) is 6.21 Å². The zero-order valence-electron chi connectivity index (χ0n) is 6.67. The smallest absolute Gasteiger partial charge is 0.315 e. The average Bonchev–Trinajstić information content (AvgIpc) is 1.97. The zero-order valence-corrected chi connectivity index (χ0v) is 6.67. The van der Waals surface area contributed by atoms with Crippen molar-refractivity contribution in [2.75, 3.05) is 6.54 Å². The molecule has 6 nitrogen and oxygen atoms in total. The van der Waals surface area contributed by atoms with Crippen LogP contribution in [0.15, 0.2) is 16.9 Å². The van der Waals surface area contributed by atoms with Crippen molar-refractivity contribution >= 4 is 6.21 Å². The maximum atomic E-state index is 9.93. The Hall–Kier alpha value is -1.43. The van der Waals surface area contributed by atoms with E-state index in [4.69, 9.17) is 10.8 Å². The number of nitrogens with two attached hydrogens (primary N) is 1. The van der Waals surface area contributed by atoms with E-state index in [1.54, 1.807) is 6.92 Å². The molecule has 0 rings (SSSR count). The number of allylic oxidation sites excluding steroid dienone is 1. The van der Waals surface area contributed by atoms with Crippen LogP contribution in [0, 0.1) is 10.1 Å². The molecule has 0 amide bonds. The lowest BCUT2D eigenvalue weighted by molar-refractivity contribution is -0.426. The molecular weight excluding hydrogens is 162 g/mol. The normalized spacial score (nSPS) is 15.0. The van der Waals surface area contributed by atoms with Crippen molar-refractivity contribution in [1.29, 1.82) is 0 Å². The first-order chi connectivity index (χ1) is 5.54. The van der Waals surface area contributed by atoms with Crippen molar-refractivity contribution in [3.05, 3.63) is 22.0 Å². The quantitative estimate of drug-likeness (QED) is 0.340. The van der Waals surface area contributed by atoms with Crippen LogP contribution in [0.25, 0.3) is 0 Å². The van der Waals surface area contributed by atoms with Crippen LogP contribution in [0.2, 0.25) is 0 Å². The lowest BCUT2D eigenvalue weighted by Crippen LogP contribution is -2.09. The van der Waals surface area contributed by atoms with Gasteiger partial charge in [-0.3, -0.25) is 10.7 Å². The molecule has 68 valence electrons. The number of aliphatic hydroxyl groups is 1. The Morgan fingerprint density at radius 3 is 2.92 bits per heavy atom. The maximum Gasteiger partial charge on any atom is 0.315 e. The van der Waals surface area contributed by atoms with E-state index in [0.29, 0.717) is 0 Å². The summed E-state index contributed by atoms with van der Waals surface area (Å²) < 4.78 is 0. The topological polar surface area (TPSA) is 102 Å². The number of rotatable bonds is 4. The van der Waals surface area contributed by atoms with E-state index in [9.17, 15) is 10.1 Å². The van der Waals surface area contributed by atoms with Crippen molar-refractivity contribution in [1.82, 2.24) is 0 Å². The molecule has 0 aliphatic heterocycles. The minimum Gasteiger partial charge on any atom is -0.391 e. The summed E-state index contributed by atoms with van der Waals surface area (Å²) in [5, 5.41) is 18.7. The fraction of sp³-hybridized carbons (Fsp3) is 0.500. The molecule has 0 spiro atoms. The molecule has 0 aliphatic carbocycles. The second-order valence-corrected chi connectivity index (χ2v) is 2.21. The fourth-order valence-corrected chi connectivity index (χ4v) is 0.403. The molecule has 0 aliphatic rings. The van der Waals surface area contributed by atoms with Crippen molar-refractivity contribution in [3.63, 3.8) is 0 Å². The van der Waals surface area contributed by atoms with E-state index in [1.807, 2.05) is 0 Å². The number of hydrogen-bond acceptors (Lipinski definition) is 5. The molecule has 0 aromatic heterocycles. The van der Waals surface area contributed by atoms with Gasteiger partial charge in [0.05, 0.1) is 12.6 Å². The minimum absolute atomic E-state index is 0.210. The number of hydrogen-bond donors (Lipinski definition) is 2. The van der Waals surface area contributed by atoms with Crippen molar-refractivity contribution in [2.24, 2.45) is 10.7 Å². The highest BCUT2D eigenvalue weighted by Gasteiger charge is 1.95. The second kappa shape index (κ2) is 5.25. The van der Waals surface area contributed by atoms with E-state index in [2.05, 4.69) is 4.99 Å². The molecule has 0 heterocycles. The molecule has 0 saturated heterocycles. The van der Waals surface area contributed by atoms with Crippen molar-refractivity contribution < 1.29 is 10.0 Å². The lowest BCUT2D eigenvalue weighted by Gasteiger charge is -1.94. The maximum absolute atomic E-state index is 9.93. The highest BCUT2D eigenvalue weighted by molar-refractivity contribution is 5.71. The van der Waals surface area contributed by atoms with Gasteiger partial charge in [-0.25, -0.2) is 0 Å². The Labute approximate surface area is 69.6 Å². The number of aliphatic hydroxyl groups excluding tert-OH is 1. The van der Waals surface area contributed by atoms with Gasteiger partial charge in [-0.1, -0.05) is 0 Å². The van der Waals surface area contributed by atoms with Crippen LogP contribution in [0.3, 0.4) is 0 Å². The standard InChI is InChI=1S/C6H11N3O3/c1-5(10)4-8-3-2-6(7)9(11)12/h2-3,5,10H,4,7H2,1H3/b6-2+,8-3?/t5-/m1/s1. The number of nitro groups is 1. The van der Waals surface area contributed by atoms with Crippen LogP contribution in [0.5, 0.6) is 0 Å². The molecule has 0 bridgehead atoms. The van der Waals surface area contributed by atoms with Gasteiger partial charge in [-0.05, 0) is 11.8 Å². The summed E-state index contributed by atoms with van der Waals surface area (Å²) in [6.07, 6.45) is 1.72. The summed E-state index contributed by atoms with van der Waals surface area (Å²) in [6, 6.07) is 0. The van der Waals surface area contributed by atoms with Crippen molar-refractivity contribution in [3.8, 4) is 0 Å². The van der Waals surface area contributed by atoms with Crippen LogP contribution >= 0.6 is 0 Å².